The molecule has 0 unspecified atom stereocenters. The Bertz CT molecular complexity index is 490. The van der Waals surface area contributed by atoms with Crippen molar-refractivity contribution in [2.45, 2.75) is 0 Å². The van der Waals surface area contributed by atoms with Crippen molar-refractivity contribution in [2.75, 3.05) is 0 Å². The summed E-state index contributed by atoms with van der Waals surface area (Å²) in [5, 5.41) is 7.39. The van der Waals surface area contributed by atoms with E-state index in [-0.39, 0.29) is 5.78 Å². The van der Waals surface area contributed by atoms with Crippen LogP contribution in [0.15, 0.2) is 34.9 Å². The van der Waals surface area contributed by atoms with Crippen LogP contribution in [0, 0.1) is 0 Å². The number of hydrogen-bond donors (Lipinski definition) is 0. The predicted octanol–water partition coefficient (Wildman–Crippen LogP) is 1.81. The van der Waals surface area contributed by atoms with Crippen molar-refractivity contribution >= 4 is 21.7 Å². The molecule has 0 fully saturated rings. The molecule has 0 aliphatic rings. The molecule has 5 heteroatoms. The van der Waals surface area contributed by atoms with Crippen LogP contribution in [0.3, 0.4) is 0 Å². The average molecular weight is 266 g/mol. The molecule has 76 valence electrons. The van der Waals surface area contributed by atoms with Crippen LogP contribution >= 0.6 is 15.9 Å². The Hall–Kier alpha value is -1.49. The standard InChI is InChI=1S/C10H8BrN3O/c1-14-9(6-12-13-14)10(15)7-2-4-8(11)5-3-7/h2-6H,1H3. The molecule has 4 nitrogen and oxygen atoms in total. The Labute approximate surface area is 95.0 Å². The molecule has 2 rings (SSSR count). The van der Waals surface area contributed by atoms with Gasteiger partial charge >= 0.3 is 0 Å². The Morgan fingerprint density at radius 2 is 2.00 bits per heavy atom. The molecule has 0 spiro atoms. The van der Waals surface area contributed by atoms with E-state index < -0.39 is 0 Å². The molecular formula is C10H8BrN3O. The third kappa shape index (κ3) is 1.97. The lowest BCUT2D eigenvalue weighted by atomic mass is 10.1. The maximum atomic E-state index is 11.9. The van der Waals surface area contributed by atoms with E-state index in [1.165, 1.54) is 10.9 Å². The molecule has 0 aliphatic heterocycles. The number of aryl methyl sites for hydroxylation is 1. The van der Waals surface area contributed by atoms with Crippen LogP contribution in [0.5, 0.6) is 0 Å². The molecule has 1 aromatic heterocycles. The molecule has 0 amide bonds. The van der Waals surface area contributed by atoms with E-state index in [0.717, 1.165) is 4.47 Å². The minimum absolute atomic E-state index is 0.0741. The van der Waals surface area contributed by atoms with Gasteiger partial charge in [-0.2, -0.15) is 0 Å². The third-order valence-corrected chi connectivity index (χ3v) is 2.58. The lowest BCUT2D eigenvalue weighted by molar-refractivity contribution is 0.103. The second-order valence-electron chi connectivity index (χ2n) is 3.08. The smallest absolute Gasteiger partial charge is 0.212 e. The molecule has 0 saturated heterocycles. The van der Waals surface area contributed by atoms with Gasteiger partial charge in [0, 0.05) is 17.1 Å². The fraction of sp³-hybridized carbons (Fsp3) is 0.100. The SMILES string of the molecule is Cn1nncc1C(=O)c1ccc(Br)cc1. The van der Waals surface area contributed by atoms with Crippen molar-refractivity contribution in [2.24, 2.45) is 7.05 Å². The number of carbonyl (C=O) groups excluding carboxylic acids is 1. The van der Waals surface area contributed by atoms with Gasteiger partial charge in [0.05, 0.1) is 6.20 Å². The highest BCUT2D eigenvalue weighted by Crippen LogP contribution is 2.13. The van der Waals surface area contributed by atoms with Gasteiger partial charge in [0.2, 0.25) is 5.78 Å². The predicted molar refractivity (Wildman–Crippen MR) is 58.6 cm³/mol. The molecule has 15 heavy (non-hydrogen) atoms. The van der Waals surface area contributed by atoms with Crippen LogP contribution in [0.1, 0.15) is 16.1 Å². The minimum Gasteiger partial charge on any atom is -0.287 e. The van der Waals surface area contributed by atoms with Gasteiger partial charge in [-0.25, -0.2) is 4.68 Å². The van der Waals surface area contributed by atoms with Gasteiger partial charge in [-0.1, -0.05) is 21.1 Å². The Kier molecular flexibility index (Phi) is 2.64. The van der Waals surface area contributed by atoms with Crippen LogP contribution < -0.4 is 0 Å². The van der Waals surface area contributed by atoms with Crippen molar-refractivity contribution in [3.63, 3.8) is 0 Å². The quantitative estimate of drug-likeness (QED) is 0.779. The molecular weight excluding hydrogens is 258 g/mol. The first-order valence-corrected chi connectivity index (χ1v) is 5.13. The van der Waals surface area contributed by atoms with Crippen molar-refractivity contribution in [1.29, 1.82) is 0 Å². The monoisotopic (exact) mass is 265 g/mol. The van der Waals surface area contributed by atoms with E-state index in [9.17, 15) is 4.79 Å². The molecule has 2 aromatic rings. The van der Waals surface area contributed by atoms with E-state index in [2.05, 4.69) is 26.2 Å². The first-order valence-electron chi connectivity index (χ1n) is 4.33. The lowest BCUT2D eigenvalue weighted by Gasteiger charge is -2.00. The second kappa shape index (κ2) is 3.94. The van der Waals surface area contributed by atoms with E-state index in [4.69, 9.17) is 0 Å². The number of halogens is 1. The molecule has 1 heterocycles. The summed E-state index contributed by atoms with van der Waals surface area (Å²) >= 11 is 3.32. The molecule has 0 N–H and O–H groups in total. The summed E-state index contributed by atoms with van der Waals surface area (Å²) in [6.07, 6.45) is 1.46. The number of aromatic nitrogens is 3. The first-order chi connectivity index (χ1) is 7.18. The molecule has 0 radical (unpaired) electrons. The summed E-state index contributed by atoms with van der Waals surface area (Å²) in [5.41, 5.74) is 1.11. The van der Waals surface area contributed by atoms with Crippen LogP contribution in [-0.2, 0) is 7.05 Å². The number of ketones is 1. The van der Waals surface area contributed by atoms with Gasteiger partial charge in [0.25, 0.3) is 0 Å². The second-order valence-corrected chi connectivity index (χ2v) is 3.99. The Morgan fingerprint density at radius 1 is 1.33 bits per heavy atom. The highest BCUT2D eigenvalue weighted by Gasteiger charge is 2.12. The molecule has 0 bridgehead atoms. The number of benzene rings is 1. The highest BCUT2D eigenvalue weighted by molar-refractivity contribution is 9.10. The van der Waals surface area contributed by atoms with Crippen LogP contribution in [0.25, 0.3) is 0 Å². The van der Waals surface area contributed by atoms with E-state index in [1.807, 2.05) is 12.1 Å². The summed E-state index contributed by atoms with van der Waals surface area (Å²) in [4.78, 5) is 11.9. The van der Waals surface area contributed by atoms with Crippen LogP contribution in [-0.4, -0.2) is 20.8 Å². The Balaban J connectivity index is 2.37. The number of rotatable bonds is 2. The first kappa shape index (κ1) is 10.0. The number of nitrogens with zero attached hydrogens (tertiary/aromatic N) is 3. The molecule has 0 atom stereocenters. The van der Waals surface area contributed by atoms with Gasteiger partial charge in [0.1, 0.15) is 5.69 Å². The molecule has 0 aliphatic carbocycles. The maximum absolute atomic E-state index is 11.9. The van der Waals surface area contributed by atoms with Crippen molar-refractivity contribution in [1.82, 2.24) is 15.0 Å². The summed E-state index contributed by atoms with van der Waals surface area (Å²) in [6, 6.07) is 7.19. The topological polar surface area (TPSA) is 47.8 Å². The molecule has 0 saturated carbocycles. The summed E-state index contributed by atoms with van der Waals surface area (Å²) in [7, 11) is 1.69. The maximum Gasteiger partial charge on any atom is 0.212 e. The van der Waals surface area contributed by atoms with Crippen molar-refractivity contribution in [3.8, 4) is 0 Å². The van der Waals surface area contributed by atoms with Crippen molar-refractivity contribution < 1.29 is 4.79 Å². The van der Waals surface area contributed by atoms with Gasteiger partial charge in [-0.3, -0.25) is 4.79 Å². The van der Waals surface area contributed by atoms with Gasteiger partial charge in [-0.15, -0.1) is 5.10 Å². The van der Waals surface area contributed by atoms with Crippen molar-refractivity contribution in [3.05, 3.63) is 46.2 Å². The molecule has 1 aromatic carbocycles. The summed E-state index contributed by atoms with van der Waals surface area (Å²) in [5.74, 6) is -0.0741. The van der Waals surface area contributed by atoms with E-state index in [0.29, 0.717) is 11.3 Å². The fourth-order valence-corrected chi connectivity index (χ4v) is 1.51. The largest absolute Gasteiger partial charge is 0.287 e. The third-order valence-electron chi connectivity index (χ3n) is 2.05. The lowest BCUT2D eigenvalue weighted by Crippen LogP contribution is -2.07. The van der Waals surface area contributed by atoms with E-state index >= 15 is 0 Å². The Morgan fingerprint density at radius 3 is 2.53 bits per heavy atom. The summed E-state index contributed by atoms with van der Waals surface area (Å²) in [6.45, 7) is 0. The normalized spacial score (nSPS) is 10.3. The zero-order valence-corrected chi connectivity index (χ0v) is 9.60. The van der Waals surface area contributed by atoms with E-state index in [1.54, 1.807) is 19.2 Å². The zero-order chi connectivity index (χ0) is 10.8. The van der Waals surface area contributed by atoms with Gasteiger partial charge in [-0.05, 0) is 24.3 Å². The van der Waals surface area contributed by atoms with Gasteiger partial charge in [0.15, 0.2) is 0 Å². The van der Waals surface area contributed by atoms with Crippen LogP contribution in [0.4, 0.5) is 0 Å². The number of hydrogen-bond acceptors (Lipinski definition) is 3. The summed E-state index contributed by atoms with van der Waals surface area (Å²) < 4.78 is 2.41. The zero-order valence-electron chi connectivity index (χ0n) is 8.01. The minimum atomic E-state index is -0.0741. The highest BCUT2D eigenvalue weighted by atomic mass is 79.9. The van der Waals surface area contributed by atoms with Gasteiger partial charge < -0.3 is 0 Å². The van der Waals surface area contributed by atoms with Crippen LogP contribution in [0.2, 0.25) is 0 Å². The fourth-order valence-electron chi connectivity index (χ4n) is 1.24. The average Bonchev–Trinajstić information content (AvgIpc) is 2.65. The number of carbonyl (C=O) groups is 1.